The normalized spacial score (nSPS) is 47.9. The van der Waals surface area contributed by atoms with Gasteiger partial charge in [0.2, 0.25) is 0 Å². The van der Waals surface area contributed by atoms with Crippen molar-refractivity contribution in [3.05, 3.63) is 12.7 Å². The molecule has 4 fully saturated rings. The smallest absolute Gasteiger partial charge is 0.323 e. The summed E-state index contributed by atoms with van der Waals surface area (Å²) in [6.07, 6.45) is -1.46. The molecule has 4 aliphatic rings. The van der Waals surface area contributed by atoms with E-state index >= 15 is 0 Å². The molecule has 0 aromatic carbocycles. The first kappa shape index (κ1) is 27.7. The number of morpholine rings is 1. The molecule has 3 N–H and O–H groups in total. The summed E-state index contributed by atoms with van der Waals surface area (Å²) < 4.78 is 17.9. The summed E-state index contributed by atoms with van der Waals surface area (Å²) in [5, 5.41) is 35.8. The second kappa shape index (κ2) is 8.85. The van der Waals surface area contributed by atoms with Gasteiger partial charge in [0.15, 0.2) is 17.5 Å². The number of aliphatic hydroxyl groups excluding tert-OH is 2. The van der Waals surface area contributed by atoms with Gasteiger partial charge in [0.1, 0.15) is 11.6 Å². The van der Waals surface area contributed by atoms with E-state index < -0.39 is 69.7 Å². The predicted molar refractivity (Wildman–Crippen MR) is 131 cm³/mol. The van der Waals surface area contributed by atoms with E-state index in [0.29, 0.717) is 39.1 Å². The summed E-state index contributed by atoms with van der Waals surface area (Å²) in [7, 11) is 0. The maximum Gasteiger partial charge on any atom is 0.323 e. The first-order valence-corrected chi connectivity index (χ1v) is 13.1. The van der Waals surface area contributed by atoms with Gasteiger partial charge in [-0.3, -0.25) is 14.5 Å². The van der Waals surface area contributed by atoms with Gasteiger partial charge < -0.3 is 29.5 Å². The highest BCUT2D eigenvalue weighted by Crippen LogP contribution is 2.67. The number of carbonyl (C=O) groups excluding carboxylic acids is 2. The Labute approximate surface area is 213 Å². The minimum atomic E-state index is -2.23. The zero-order valence-electron chi connectivity index (χ0n) is 22.5. The van der Waals surface area contributed by atoms with Gasteiger partial charge >= 0.3 is 5.97 Å². The van der Waals surface area contributed by atoms with Crippen molar-refractivity contribution in [3.8, 4) is 0 Å². The molecule has 36 heavy (non-hydrogen) atoms. The monoisotopic (exact) mass is 509 g/mol. The molecule has 2 heterocycles. The van der Waals surface area contributed by atoms with Crippen LogP contribution >= 0.6 is 0 Å². The van der Waals surface area contributed by atoms with Crippen LogP contribution < -0.4 is 0 Å². The summed E-state index contributed by atoms with van der Waals surface area (Å²) in [5.41, 5.74) is -7.23. The second-order valence-electron chi connectivity index (χ2n) is 12.5. The van der Waals surface area contributed by atoms with Crippen molar-refractivity contribution in [2.75, 3.05) is 26.3 Å². The van der Waals surface area contributed by atoms with Gasteiger partial charge in [-0.15, -0.1) is 6.58 Å². The molecule has 0 bridgehead atoms. The minimum absolute atomic E-state index is 0.154. The summed E-state index contributed by atoms with van der Waals surface area (Å²) in [4.78, 5) is 29.3. The van der Waals surface area contributed by atoms with E-state index in [-0.39, 0.29) is 6.42 Å². The Kier molecular flexibility index (Phi) is 6.80. The molecule has 9 unspecified atom stereocenters. The van der Waals surface area contributed by atoms with Gasteiger partial charge in [-0.2, -0.15) is 0 Å². The zero-order valence-corrected chi connectivity index (χ0v) is 22.5. The maximum atomic E-state index is 13.9. The van der Waals surface area contributed by atoms with Crippen LogP contribution in [0.1, 0.15) is 60.8 Å². The van der Waals surface area contributed by atoms with Gasteiger partial charge in [-0.05, 0) is 39.0 Å². The van der Waals surface area contributed by atoms with Gasteiger partial charge in [-0.1, -0.05) is 26.8 Å². The predicted octanol–water partition coefficient (Wildman–Crippen LogP) is 1.22. The van der Waals surface area contributed by atoms with Crippen LogP contribution in [0, 0.1) is 16.7 Å². The van der Waals surface area contributed by atoms with Crippen molar-refractivity contribution >= 4 is 11.8 Å². The molecule has 2 aliphatic carbocycles. The van der Waals surface area contributed by atoms with Crippen LogP contribution in [-0.4, -0.2) is 99.4 Å². The van der Waals surface area contributed by atoms with E-state index in [4.69, 9.17) is 14.2 Å². The zero-order chi connectivity index (χ0) is 26.9. The quantitative estimate of drug-likeness (QED) is 0.379. The van der Waals surface area contributed by atoms with E-state index in [1.807, 2.05) is 18.7 Å². The second-order valence-corrected chi connectivity index (χ2v) is 12.5. The molecule has 0 spiro atoms. The van der Waals surface area contributed by atoms with Crippen LogP contribution in [0.15, 0.2) is 12.7 Å². The molecule has 4 rings (SSSR count). The summed E-state index contributed by atoms with van der Waals surface area (Å²) in [6, 6.07) is -0.624. The largest absolute Gasteiger partial charge is 0.455 e. The lowest BCUT2D eigenvalue weighted by Crippen LogP contribution is -2.86. The number of carbonyl (C=O) groups is 2. The molecule has 9 atom stereocenters. The van der Waals surface area contributed by atoms with Gasteiger partial charge in [0.05, 0.1) is 31.0 Å². The summed E-state index contributed by atoms with van der Waals surface area (Å²) in [5.74, 6) is -1.84. The number of esters is 1. The van der Waals surface area contributed by atoms with Crippen molar-refractivity contribution in [1.29, 1.82) is 0 Å². The lowest BCUT2D eigenvalue weighted by atomic mass is 9.40. The van der Waals surface area contributed by atoms with Crippen LogP contribution in [0.4, 0.5) is 0 Å². The van der Waals surface area contributed by atoms with E-state index in [1.165, 1.54) is 13.0 Å². The third-order valence-electron chi connectivity index (χ3n) is 9.90. The third kappa shape index (κ3) is 3.65. The Bertz CT molecular complexity index is 917. The molecule has 204 valence electrons. The number of hydrogen-bond donors (Lipinski definition) is 3. The number of ketones is 1. The Morgan fingerprint density at radius 3 is 2.39 bits per heavy atom. The van der Waals surface area contributed by atoms with Crippen molar-refractivity contribution in [3.63, 3.8) is 0 Å². The fourth-order valence-electron chi connectivity index (χ4n) is 7.82. The molecular weight excluding hydrogens is 466 g/mol. The van der Waals surface area contributed by atoms with Gasteiger partial charge in [-0.25, -0.2) is 0 Å². The molecule has 9 nitrogen and oxygen atoms in total. The topological polar surface area (TPSA) is 126 Å². The highest BCUT2D eigenvalue weighted by molar-refractivity contribution is 5.92. The Morgan fingerprint density at radius 1 is 1.19 bits per heavy atom. The average Bonchev–Trinajstić information content (AvgIpc) is 2.82. The van der Waals surface area contributed by atoms with Crippen LogP contribution in [0.25, 0.3) is 0 Å². The maximum absolute atomic E-state index is 13.9. The first-order valence-electron chi connectivity index (χ1n) is 13.1. The number of hydrogen-bond acceptors (Lipinski definition) is 9. The van der Waals surface area contributed by atoms with Crippen LogP contribution in [0.3, 0.4) is 0 Å². The first-order chi connectivity index (χ1) is 16.6. The van der Waals surface area contributed by atoms with Crippen LogP contribution in [0.2, 0.25) is 0 Å². The standard InChI is InChI=1S/C27H43NO8/c1-8-24(5)15-18(30)27(33)25(6)17(29)9-10-23(3,4)20(25)19(31)21(26(27,7)36-24)35-22(32)16(2)28-11-13-34-14-12-28/h8,16-17,19-21,29,31,33H,1,9-15H2,2-7H3. The molecule has 2 saturated carbocycles. The van der Waals surface area contributed by atoms with E-state index in [0.717, 1.165) is 0 Å². The molecule has 2 aliphatic heterocycles. The lowest BCUT2D eigenvalue weighted by molar-refractivity contribution is -0.371. The van der Waals surface area contributed by atoms with Crippen molar-refractivity contribution < 1.29 is 39.1 Å². The Hall–Kier alpha value is -1.36. The number of nitrogens with zero attached hydrogens (tertiary/aromatic N) is 1. The van der Waals surface area contributed by atoms with E-state index in [1.54, 1.807) is 20.8 Å². The number of fused-ring (bicyclic) bond motifs is 3. The fraction of sp³-hybridized carbons (Fsp3) is 0.852. The average molecular weight is 510 g/mol. The van der Waals surface area contributed by atoms with Gasteiger partial charge in [0.25, 0.3) is 0 Å². The van der Waals surface area contributed by atoms with E-state index in [2.05, 4.69) is 6.58 Å². The SMILES string of the molecule is C=CC1(C)CC(=O)C2(O)C(C)(O1)C(OC(=O)C(C)N1CCOCC1)C(O)C1C(C)(C)CCC(O)C12C. The number of Topliss-reactive ketones (excluding diaryl/α,β-unsaturated/α-hetero) is 1. The highest BCUT2D eigenvalue weighted by Gasteiger charge is 2.81. The van der Waals surface area contributed by atoms with Crippen molar-refractivity contribution in [1.82, 2.24) is 4.90 Å². The molecule has 0 radical (unpaired) electrons. The van der Waals surface area contributed by atoms with Crippen molar-refractivity contribution in [2.45, 2.75) is 102 Å². The van der Waals surface area contributed by atoms with Gasteiger partial charge in [0, 0.05) is 30.8 Å². The third-order valence-corrected chi connectivity index (χ3v) is 9.90. The number of rotatable bonds is 4. The van der Waals surface area contributed by atoms with E-state index in [9.17, 15) is 24.9 Å². The minimum Gasteiger partial charge on any atom is -0.455 e. The fourth-order valence-corrected chi connectivity index (χ4v) is 7.82. The van der Waals surface area contributed by atoms with Crippen molar-refractivity contribution in [2.24, 2.45) is 16.7 Å². The lowest BCUT2D eigenvalue weighted by Gasteiger charge is -2.71. The molecular formula is C27H43NO8. The molecule has 9 heteroatoms. The van der Waals surface area contributed by atoms with Crippen LogP contribution in [-0.2, 0) is 23.8 Å². The molecule has 0 aromatic heterocycles. The molecule has 0 amide bonds. The van der Waals surface area contributed by atoms with Crippen LogP contribution in [0.5, 0.6) is 0 Å². The molecule has 0 aromatic rings. The highest BCUT2D eigenvalue weighted by atomic mass is 16.6. The Balaban J connectivity index is 1.83. The number of aliphatic hydroxyl groups is 3. The molecule has 2 saturated heterocycles. The summed E-state index contributed by atoms with van der Waals surface area (Å²) >= 11 is 0. The summed E-state index contributed by atoms with van der Waals surface area (Å²) in [6.45, 7) is 16.4. The Morgan fingerprint density at radius 2 is 1.81 bits per heavy atom. The number of ether oxygens (including phenoxy) is 3.